The van der Waals surface area contributed by atoms with Crippen molar-refractivity contribution in [2.45, 2.75) is 57.4 Å². The molecule has 2 amide bonds. The molecule has 6 nitrogen and oxygen atoms in total. The Kier molecular flexibility index (Phi) is 6.54. The maximum Gasteiger partial charge on any atom is 0.242 e. The first-order valence-electron chi connectivity index (χ1n) is 10.7. The number of pyridine rings is 1. The highest BCUT2D eigenvalue weighted by Gasteiger charge is 2.37. The molecule has 7 heteroatoms. The number of carbonyl (C=O) groups excluding carboxylic acids is 2. The molecule has 1 N–H and O–H groups in total. The van der Waals surface area contributed by atoms with Gasteiger partial charge in [0, 0.05) is 48.8 Å². The monoisotopic (exact) mass is 412 g/mol. The third-order valence-electron chi connectivity index (χ3n) is 5.94. The van der Waals surface area contributed by atoms with E-state index in [-0.39, 0.29) is 23.8 Å². The molecule has 0 spiro atoms. The maximum atomic E-state index is 12.7. The topological polar surface area (TPSA) is 75.2 Å². The van der Waals surface area contributed by atoms with Crippen molar-refractivity contribution in [1.29, 1.82) is 0 Å². The van der Waals surface area contributed by atoms with Crippen LogP contribution in [0.4, 0.5) is 0 Å². The molecular formula is C22H28N4O2S. The van der Waals surface area contributed by atoms with E-state index < -0.39 is 0 Å². The minimum Gasteiger partial charge on any atom is -0.354 e. The van der Waals surface area contributed by atoms with Crippen molar-refractivity contribution in [3.05, 3.63) is 34.9 Å². The minimum atomic E-state index is -0.277. The molecule has 2 aromatic rings. The van der Waals surface area contributed by atoms with E-state index in [1.54, 1.807) is 23.7 Å². The molecule has 1 atom stereocenters. The second-order valence-corrected chi connectivity index (χ2v) is 8.87. The lowest BCUT2D eigenvalue weighted by Gasteiger charge is -2.26. The number of thiazole rings is 1. The zero-order valence-corrected chi connectivity index (χ0v) is 17.5. The Bertz CT molecular complexity index is 832. The summed E-state index contributed by atoms with van der Waals surface area (Å²) in [6, 6.07) is 3.64. The summed E-state index contributed by atoms with van der Waals surface area (Å²) in [6.07, 6.45) is 11.2. The summed E-state index contributed by atoms with van der Waals surface area (Å²) < 4.78 is 0. The van der Waals surface area contributed by atoms with Crippen LogP contribution in [0.1, 0.15) is 50.0 Å². The minimum absolute atomic E-state index is 0.00506. The average Bonchev–Trinajstić information content (AvgIpc) is 3.52. The van der Waals surface area contributed by atoms with Crippen molar-refractivity contribution >= 4 is 23.2 Å². The first-order valence-corrected chi connectivity index (χ1v) is 11.5. The maximum absolute atomic E-state index is 12.7. The van der Waals surface area contributed by atoms with Crippen molar-refractivity contribution < 1.29 is 9.59 Å². The smallest absolute Gasteiger partial charge is 0.242 e. The van der Waals surface area contributed by atoms with Gasteiger partial charge in [0.2, 0.25) is 11.8 Å². The number of hydrogen-bond donors (Lipinski definition) is 1. The summed E-state index contributed by atoms with van der Waals surface area (Å²) in [7, 11) is 0. The van der Waals surface area contributed by atoms with Gasteiger partial charge in [-0.25, -0.2) is 4.98 Å². The summed E-state index contributed by atoms with van der Waals surface area (Å²) in [5.74, 6) is 0.347. The molecule has 4 rings (SSSR count). The van der Waals surface area contributed by atoms with Crippen LogP contribution in [-0.2, 0) is 16.0 Å². The highest BCUT2D eigenvalue weighted by molar-refractivity contribution is 7.09. The number of hydrogen-bond acceptors (Lipinski definition) is 5. The number of nitrogens with zero attached hydrogens (tertiary/aromatic N) is 3. The Balaban J connectivity index is 1.23. The van der Waals surface area contributed by atoms with Gasteiger partial charge < -0.3 is 10.2 Å². The normalized spacial score (nSPS) is 19.6. The molecule has 154 valence electrons. The van der Waals surface area contributed by atoms with Crippen LogP contribution in [0.2, 0.25) is 0 Å². The lowest BCUT2D eigenvalue weighted by atomic mass is 10.1. The van der Waals surface area contributed by atoms with E-state index in [9.17, 15) is 9.59 Å². The number of nitrogens with one attached hydrogen (secondary N) is 1. The van der Waals surface area contributed by atoms with Crippen LogP contribution >= 0.6 is 11.3 Å². The first kappa shape index (κ1) is 20.0. The van der Waals surface area contributed by atoms with Crippen LogP contribution in [0.5, 0.6) is 0 Å². The quantitative estimate of drug-likeness (QED) is 0.707. The van der Waals surface area contributed by atoms with E-state index in [0.717, 1.165) is 74.2 Å². The van der Waals surface area contributed by atoms with Gasteiger partial charge in [-0.2, -0.15) is 0 Å². The largest absolute Gasteiger partial charge is 0.354 e. The van der Waals surface area contributed by atoms with Gasteiger partial charge in [-0.3, -0.25) is 14.6 Å². The average molecular weight is 413 g/mol. The van der Waals surface area contributed by atoms with Crippen molar-refractivity contribution in [1.82, 2.24) is 20.2 Å². The van der Waals surface area contributed by atoms with E-state index in [0.29, 0.717) is 6.54 Å². The van der Waals surface area contributed by atoms with Crippen LogP contribution in [-0.4, -0.2) is 45.8 Å². The highest BCUT2D eigenvalue weighted by Crippen LogP contribution is 2.29. The van der Waals surface area contributed by atoms with Crippen LogP contribution in [0.15, 0.2) is 29.9 Å². The van der Waals surface area contributed by atoms with Gasteiger partial charge in [-0.05, 0) is 44.2 Å². The highest BCUT2D eigenvalue weighted by atomic mass is 32.1. The zero-order chi connectivity index (χ0) is 20.1. The Morgan fingerprint density at radius 1 is 1.14 bits per heavy atom. The Labute approximate surface area is 175 Å². The summed E-state index contributed by atoms with van der Waals surface area (Å²) in [5.41, 5.74) is 2.05. The summed E-state index contributed by atoms with van der Waals surface area (Å²) in [6.45, 7) is 1.34. The van der Waals surface area contributed by atoms with Gasteiger partial charge in [-0.15, -0.1) is 11.3 Å². The number of likely N-dealkylation sites (tertiary alicyclic amines) is 1. The molecule has 1 aliphatic heterocycles. The molecule has 0 aromatic carbocycles. The summed E-state index contributed by atoms with van der Waals surface area (Å²) in [4.78, 5) is 35.9. The molecule has 2 aliphatic rings. The summed E-state index contributed by atoms with van der Waals surface area (Å²) >= 11 is 1.65. The van der Waals surface area contributed by atoms with Gasteiger partial charge in [0.1, 0.15) is 6.04 Å². The molecular weight excluding hydrogens is 384 g/mol. The van der Waals surface area contributed by atoms with Crippen molar-refractivity contribution in [2.75, 3.05) is 13.1 Å². The van der Waals surface area contributed by atoms with E-state index in [1.807, 2.05) is 17.0 Å². The third-order valence-corrected chi connectivity index (χ3v) is 6.85. The lowest BCUT2D eigenvalue weighted by Crippen LogP contribution is -2.47. The van der Waals surface area contributed by atoms with Crippen molar-refractivity contribution in [3.8, 4) is 11.3 Å². The zero-order valence-electron chi connectivity index (χ0n) is 16.7. The fraction of sp³-hybridized carbons (Fsp3) is 0.545. The van der Waals surface area contributed by atoms with Crippen LogP contribution in [0, 0.1) is 5.92 Å². The fourth-order valence-electron chi connectivity index (χ4n) is 4.36. The lowest BCUT2D eigenvalue weighted by molar-refractivity contribution is -0.141. The van der Waals surface area contributed by atoms with Gasteiger partial charge in [0.05, 0.1) is 10.7 Å². The molecule has 1 saturated carbocycles. The second kappa shape index (κ2) is 9.48. The molecule has 2 aromatic heterocycles. The standard InChI is InChI=1S/C22H28N4O2S/c27-21(19-7-4-14-26(19)22(28)17-5-1-2-6-17)24-11-3-8-20-25-18(15-29-20)16-9-12-23-13-10-16/h9-10,12-13,15,17,19H,1-8,11,14H2,(H,24,27). The van der Waals surface area contributed by atoms with Crippen LogP contribution in [0.25, 0.3) is 11.3 Å². The number of aromatic nitrogens is 2. The molecule has 1 aliphatic carbocycles. The van der Waals surface area contributed by atoms with E-state index >= 15 is 0 Å². The predicted octanol–water partition coefficient (Wildman–Crippen LogP) is 3.44. The molecule has 2 fully saturated rings. The third kappa shape index (κ3) is 4.83. The Morgan fingerprint density at radius 2 is 1.93 bits per heavy atom. The van der Waals surface area contributed by atoms with Crippen LogP contribution in [0.3, 0.4) is 0 Å². The van der Waals surface area contributed by atoms with E-state index in [1.165, 1.54) is 0 Å². The SMILES string of the molecule is O=C(NCCCc1nc(-c2ccncc2)cs1)C1CCCN1C(=O)C1CCCC1. The second-order valence-electron chi connectivity index (χ2n) is 7.93. The van der Waals surface area contributed by atoms with Gasteiger partial charge in [0.15, 0.2) is 0 Å². The molecule has 1 unspecified atom stereocenters. The van der Waals surface area contributed by atoms with Gasteiger partial charge in [-0.1, -0.05) is 12.8 Å². The number of carbonyl (C=O) groups is 2. The van der Waals surface area contributed by atoms with Crippen molar-refractivity contribution in [3.63, 3.8) is 0 Å². The Morgan fingerprint density at radius 3 is 2.72 bits per heavy atom. The number of aryl methyl sites for hydroxylation is 1. The molecule has 0 bridgehead atoms. The van der Waals surface area contributed by atoms with Gasteiger partial charge in [0.25, 0.3) is 0 Å². The van der Waals surface area contributed by atoms with E-state index in [4.69, 9.17) is 0 Å². The molecule has 0 radical (unpaired) electrons. The first-order chi connectivity index (χ1) is 14.2. The Hall–Kier alpha value is -2.28. The van der Waals surface area contributed by atoms with Crippen LogP contribution < -0.4 is 5.32 Å². The van der Waals surface area contributed by atoms with Crippen molar-refractivity contribution in [2.24, 2.45) is 5.92 Å². The molecule has 3 heterocycles. The number of rotatable bonds is 7. The van der Waals surface area contributed by atoms with Gasteiger partial charge >= 0.3 is 0 Å². The molecule has 1 saturated heterocycles. The molecule has 29 heavy (non-hydrogen) atoms. The summed E-state index contributed by atoms with van der Waals surface area (Å²) in [5, 5.41) is 6.18. The number of amides is 2. The van der Waals surface area contributed by atoms with E-state index in [2.05, 4.69) is 20.7 Å². The predicted molar refractivity (Wildman–Crippen MR) is 113 cm³/mol. The fourth-order valence-corrected chi connectivity index (χ4v) is 5.21.